The average Bonchev–Trinajstić information content (AvgIpc) is 2.59. The lowest BCUT2D eigenvalue weighted by atomic mass is 9.92. The molecule has 0 aromatic heterocycles. The highest BCUT2D eigenvalue weighted by Gasteiger charge is 2.25. The molecule has 0 bridgehead atoms. The Labute approximate surface area is 158 Å². The first kappa shape index (κ1) is 20.2. The summed E-state index contributed by atoms with van der Waals surface area (Å²) in [6, 6.07) is 6.46. The van der Waals surface area contributed by atoms with Crippen molar-refractivity contribution in [1.29, 1.82) is 0 Å². The van der Waals surface area contributed by atoms with E-state index in [1.54, 1.807) is 29.2 Å². The van der Waals surface area contributed by atoms with E-state index in [0.29, 0.717) is 35.5 Å². The number of hydrogen-bond acceptors (Lipinski definition) is 4. The molecule has 7 heteroatoms. The molecule has 2 rings (SSSR count). The predicted molar refractivity (Wildman–Crippen MR) is 98.9 cm³/mol. The molecule has 1 fully saturated rings. The minimum Gasteiger partial charge on any atom is -0.456 e. The smallest absolute Gasteiger partial charge is 0.308 e. The molecule has 1 heterocycles. The van der Waals surface area contributed by atoms with Crippen LogP contribution in [0.15, 0.2) is 24.3 Å². The predicted octanol–water partition coefficient (Wildman–Crippen LogP) is 2.51. The van der Waals surface area contributed by atoms with Crippen LogP contribution in [-0.4, -0.2) is 48.9 Å². The Kier molecular flexibility index (Phi) is 7.45. The van der Waals surface area contributed by atoms with Gasteiger partial charge in [-0.2, -0.15) is 0 Å². The third-order valence-electron chi connectivity index (χ3n) is 4.30. The molecule has 0 unspecified atom stereocenters. The molecule has 6 nitrogen and oxygen atoms in total. The zero-order valence-corrected chi connectivity index (χ0v) is 15.9. The number of amides is 2. The topological polar surface area (TPSA) is 75.7 Å². The zero-order valence-electron chi connectivity index (χ0n) is 15.2. The number of benzene rings is 1. The summed E-state index contributed by atoms with van der Waals surface area (Å²) in [5, 5.41) is 3.18. The number of piperidine rings is 1. The highest BCUT2D eigenvalue weighted by Crippen LogP contribution is 2.20. The van der Waals surface area contributed by atoms with Gasteiger partial charge in [-0.1, -0.05) is 25.4 Å². The zero-order chi connectivity index (χ0) is 19.1. The number of likely N-dealkylation sites (tertiary alicyclic amines) is 1. The van der Waals surface area contributed by atoms with E-state index in [4.69, 9.17) is 16.3 Å². The fourth-order valence-corrected chi connectivity index (χ4v) is 3.28. The van der Waals surface area contributed by atoms with Gasteiger partial charge in [0.15, 0.2) is 6.61 Å². The number of halogens is 1. The van der Waals surface area contributed by atoms with Crippen LogP contribution in [0.4, 0.5) is 0 Å². The molecule has 142 valence electrons. The summed E-state index contributed by atoms with van der Waals surface area (Å²) in [5.74, 6) is -0.0420. The van der Waals surface area contributed by atoms with Gasteiger partial charge in [-0.15, -0.1) is 0 Å². The van der Waals surface area contributed by atoms with E-state index in [2.05, 4.69) is 19.2 Å². The number of ether oxygens (including phenoxy) is 1. The van der Waals surface area contributed by atoms with Crippen molar-refractivity contribution in [3.63, 3.8) is 0 Å². The molecular weight excluding hydrogens is 356 g/mol. The Bertz CT molecular complexity index is 637. The molecule has 26 heavy (non-hydrogen) atoms. The van der Waals surface area contributed by atoms with Crippen LogP contribution in [0.3, 0.4) is 0 Å². The van der Waals surface area contributed by atoms with Crippen LogP contribution in [0.1, 0.15) is 37.0 Å². The van der Waals surface area contributed by atoms with E-state index in [9.17, 15) is 14.4 Å². The van der Waals surface area contributed by atoms with Crippen LogP contribution in [0.2, 0.25) is 5.02 Å². The van der Waals surface area contributed by atoms with Crippen molar-refractivity contribution >= 4 is 29.4 Å². The third kappa shape index (κ3) is 6.33. The molecule has 0 radical (unpaired) electrons. The first-order valence-electron chi connectivity index (χ1n) is 8.82. The van der Waals surface area contributed by atoms with E-state index in [0.717, 1.165) is 6.42 Å². The summed E-state index contributed by atoms with van der Waals surface area (Å²) in [6.45, 7) is 5.54. The summed E-state index contributed by atoms with van der Waals surface area (Å²) in [4.78, 5) is 37.6. The van der Waals surface area contributed by atoms with Crippen LogP contribution in [0.25, 0.3) is 0 Å². The maximum Gasteiger partial charge on any atom is 0.308 e. The van der Waals surface area contributed by atoms with Gasteiger partial charge in [-0.05, 0) is 42.5 Å². The number of nitrogens with one attached hydrogen (secondary N) is 1. The maximum absolute atomic E-state index is 12.2. The van der Waals surface area contributed by atoms with Crippen LogP contribution in [0, 0.1) is 11.8 Å². The van der Waals surface area contributed by atoms with Crippen LogP contribution >= 0.6 is 11.6 Å². The summed E-state index contributed by atoms with van der Waals surface area (Å²) in [6.07, 6.45) is 1.12. The number of rotatable bonds is 6. The summed E-state index contributed by atoms with van der Waals surface area (Å²) >= 11 is 5.77. The molecule has 1 aliphatic heterocycles. The Balaban J connectivity index is 1.66. The second-order valence-electron chi connectivity index (χ2n) is 6.92. The van der Waals surface area contributed by atoms with Crippen LogP contribution in [0.5, 0.6) is 0 Å². The Morgan fingerprint density at radius 2 is 1.77 bits per heavy atom. The van der Waals surface area contributed by atoms with Gasteiger partial charge in [0.1, 0.15) is 0 Å². The lowest BCUT2D eigenvalue weighted by Crippen LogP contribution is -2.44. The Morgan fingerprint density at radius 1 is 1.15 bits per heavy atom. The molecule has 0 aliphatic carbocycles. The minimum absolute atomic E-state index is 0.0133. The van der Waals surface area contributed by atoms with Gasteiger partial charge < -0.3 is 15.0 Å². The van der Waals surface area contributed by atoms with E-state index < -0.39 is 5.97 Å². The number of carbonyl (C=O) groups excluding carboxylic acids is 3. The SMILES string of the molecule is C[C@@H]1C[C@H](C)CN(C(=O)COC(=O)CCNC(=O)c2ccc(Cl)cc2)C1. The van der Waals surface area contributed by atoms with Gasteiger partial charge in [0.25, 0.3) is 11.8 Å². The first-order valence-corrected chi connectivity index (χ1v) is 9.20. The standard InChI is InChI=1S/C19H25ClN2O4/c1-13-9-14(2)11-22(10-13)17(23)12-26-18(24)7-8-21-19(25)15-3-5-16(20)6-4-15/h3-6,13-14H,7-12H2,1-2H3,(H,21,25)/t13-,14+. The summed E-state index contributed by atoms with van der Waals surface area (Å²) < 4.78 is 5.03. The van der Waals surface area contributed by atoms with Crippen molar-refractivity contribution < 1.29 is 19.1 Å². The molecular formula is C19H25ClN2O4. The van der Waals surface area contributed by atoms with E-state index >= 15 is 0 Å². The summed E-state index contributed by atoms with van der Waals surface area (Å²) in [5.41, 5.74) is 0.464. The number of nitrogens with zero attached hydrogens (tertiary/aromatic N) is 1. The van der Waals surface area contributed by atoms with Crippen LogP contribution < -0.4 is 5.32 Å². The number of carbonyl (C=O) groups is 3. The fraction of sp³-hybridized carbons (Fsp3) is 0.526. The maximum atomic E-state index is 12.2. The van der Waals surface area contributed by atoms with Gasteiger partial charge in [0.05, 0.1) is 6.42 Å². The van der Waals surface area contributed by atoms with E-state index in [-0.39, 0.29) is 31.4 Å². The van der Waals surface area contributed by atoms with Crippen molar-refractivity contribution in [3.05, 3.63) is 34.9 Å². The van der Waals surface area contributed by atoms with E-state index in [1.807, 2.05) is 0 Å². The molecule has 1 aromatic rings. The molecule has 2 amide bonds. The van der Waals surface area contributed by atoms with Crippen molar-refractivity contribution in [2.75, 3.05) is 26.2 Å². The lowest BCUT2D eigenvalue weighted by Gasteiger charge is -2.34. The Morgan fingerprint density at radius 3 is 2.38 bits per heavy atom. The first-order chi connectivity index (χ1) is 12.3. The highest BCUT2D eigenvalue weighted by atomic mass is 35.5. The normalized spacial score (nSPS) is 19.7. The van der Waals surface area contributed by atoms with Gasteiger partial charge in [-0.25, -0.2) is 0 Å². The molecule has 1 aliphatic rings. The monoisotopic (exact) mass is 380 g/mol. The van der Waals surface area contributed by atoms with Crippen LogP contribution in [-0.2, 0) is 14.3 Å². The summed E-state index contributed by atoms with van der Waals surface area (Å²) in [7, 11) is 0. The quantitative estimate of drug-likeness (QED) is 0.769. The fourth-order valence-electron chi connectivity index (χ4n) is 3.15. The van der Waals surface area contributed by atoms with Gasteiger partial charge in [0, 0.05) is 30.2 Å². The van der Waals surface area contributed by atoms with E-state index in [1.165, 1.54) is 0 Å². The Hall–Kier alpha value is -2.08. The van der Waals surface area contributed by atoms with Crippen molar-refractivity contribution in [2.24, 2.45) is 11.8 Å². The second-order valence-corrected chi connectivity index (χ2v) is 7.35. The largest absolute Gasteiger partial charge is 0.456 e. The minimum atomic E-state index is -0.507. The molecule has 1 saturated heterocycles. The number of esters is 1. The van der Waals surface area contributed by atoms with Gasteiger partial charge >= 0.3 is 5.97 Å². The molecule has 1 aromatic carbocycles. The molecule has 0 saturated carbocycles. The second kappa shape index (κ2) is 9.57. The van der Waals surface area contributed by atoms with Crippen molar-refractivity contribution in [1.82, 2.24) is 10.2 Å². The molecule has 0 spiro atoms. The molecule has 1 N–H and O–H groups in total. The highest BCUT2D eigenvalue weighted by molar-refractivity contribution is 6.30. The van der Waals surface area contributed by atoms with Gasteiger partial charge in [0.2, 0.25) is 0 Å². The average molecular weight is 381 g/mol. The molecule has 2 atom stereocenters. The third-order valence-corrected chi connectivity index (χ3v) is 4.55. The van der Waals surface area contributed by atoms with Crippen molar-refractivity contribution in [2.45, 2.75) is 26.7 Å². The van der Waals surface area contributed by atoms with Crippen molar-refractivity contribution in [3.8, 4) is 0 Å². The number of hydrogen-bond donors (Lipinski definition) is 1. The lowest BCUT2D eigenvalue weighted by molar-refractivity contribution is -0.153. The van der Waals surface area contributed by atoms with Gasteiger partial charge in [-0.3, -0.25) is 14.4 Å².